The number of aryl methyl sites for hydroxylation is 1. The summed E-state index contributed by atoms with van der Waals surface area (Å²) in [4.78, 5) is 25.0. The van der Waals surface area contributed by atoms with Crippen molar-refractivity contribution in [3.8, 4) is 17.2 Å². The number of hydrogen-bond acceptors (Lipinski definition) is 5. The van der Waals surface area contributed by atoms with E-state index in [4.69, 9.17) is 9.47 Å². The number of imidazole rings is 1. The van der Waals surface area contributed by atoms with Gasteiger partial charge in [-0.15, -0.1) is 0 Å². The van der Waals surface area contributed by atoms with Gasteiger partial charge >= 0.3 is 0 Å². The minimum absolute atomic E-state index is 0.0296. The van der Waals surface area contributed by atoms with Gasteiger partial charge in [-0.1, -0.05) is 30.3 Å². The van der Waals surface area contributed by atoms with Gasteiger partial charge in [0, 0.05) is 31.7 Å². The zero-order valence-corrected chi connectivity index (χ0v) is 23.1. The van der Waals surface area contributed by atoms with Crippen LogP contribution in [0.15, 0.2) is 73.1 Å². The largest absolute Gasteiger partial charge is 0.493 e. The zero-order chi connectivity index (χ0) is 27.4. The van der Waals surface area contributed by atoms with Crippen molar-refractivity contribution < 1.29 is 14.3 Å². The van der Waals surface area contributed by atoms with E-state index < -0.39 is 0 Å². The number of carbonyl (C=O) groups excluding carboxylic acids is 1. The van der Waals surface area contributed by atoms with Gasteiger partial charge in [0.2, 0.25) is 0 Å². The molecule has 0 saturated heterocycles. The Labute approximate surface area is 230 Å². The number of benzene rings is 3. The Morgan fingerprint density at radius 1 is 1.05 bits per heavy atom. The first-order valence-electron chi connectivity index (χ1n) is 13.6. The molecule has 4 aromatic rings. The number of para-hydroxylation sites is 1. The van der Waals surface area contributed by atoms with E-state index >= 15 is 0 Å². The Morgan fingerprint density at radius 2 is 1.79 bits per heavy atom. The van der Waals surface area contributed by atoms with Crippen molar-refractivity contribution in [2.24, 2.45) is 0 Å². The molecule has 1 N–H and O–H groups in total. The molecule has 0 bridgehead atoms. The minimum atomic E-state index is -0.0296. The first kappa shape index (κ1) is 26.5. The normalized spacial score (nSPS) is 15.0. The van der Waals surface area contributed by atoms with Gasteiger partial charge in [-0.3, -0.25) is 9.69 Å². The molecule has 0 fully saturated rings. The number of hydrogen-bond donors (Lipinski definition) is 1. The van der Waals surface area contributed by atoms with E-state index in [-0.39, 0.29) is 11.9 Å². The molecular weight excluding hydrogens is 488 g/mol. The summed E-state index contributed by atoms with van der Waals surface area (Å²) in [6.45, 7) is 9.03. The van der Waals surface area contributed by atoms with E-state index in [1.807, 2.05) is 68.1 Å². The lowest BCUT2D eigenvalue weighted by molar-refractivity contribution is 0.0773. The fourth-order valence-corrected chi connectivity index (χ4v) is 5.35. The average molecular weight is 525 g/mol. The monoisotopic (exact) mass is 524 g/mol. The molecule has 2 heterocycles. The molecule has 1 aliphatic heterocycles. The lowest BCUT2D eigenvalue weighted by Gasteiger charge is -2.38. The first-order valence-corrected chi connectivity index (χ1v) is 13.6. The topological polar surface area (TPSA) is 70.7 Å². The van der Waals surface area contributed by atoms with E-state index in [0.717, 1.165) is 48.0 Å². The van der Waals surface area contributed by atoms with Gasteiger partial charge in [-0.25, -0.2) is 4.98 Å². The van der Waals surface area contributed by atoms with Crippen LogP contribution >= 0.6 is 0 Å². The molecule has 202 valence electrons. The summed E-state index contributed by atoms with van der Waals surface area (Å²) in [7, 11) is 1.68. The van der Waals surface area contributed by atoms with Gasteiger partial charge in [0.05, 0.1) is 30.9 Å². The lowest BCUT2D eigenvalue weighted by Crippen LogP contribution is -2.36. The number of carbonyl (C=O) groups is 1. The molecule has 7 nitrogen and oxygen atoms in total. The van der Waals surface area contributed by atoms with Crippen LogP contribution < -0.4 is 9.47 Å². The molecule has 1 aliphatic rings. The Kier molecular flexibility index (Phi) is 7.98. The Bertz CT molecular complexity index is 1410. The van der Waals surface area contributed by atoms with Crippen LogP contribution in [-0.2, 0) is 13.0 Å². The van der Waals surface area contributed by atoms with Gasteiger partial charge in [0.25, 0.3) is 5.91 Å². The van der Waals surface area contributed by atoms with Gasteiger partial charge in [-0.05, 0) is 80.3 Å². The average Bonchev–Trinajstić information content (AvgIpc) is 3.37. The fraction of sp³-hybridized carbons (Fsp3) is 0.312. The second-order valence-electron chi connectivity index (χ2n) is 9.81. The summed E-state index contributed by atoms with van der Waals surface area (Å²) >= 11 is 0. The number of nitrogens with zero attached hydrogens (tertiary/aromatic N) is 3. The lowest BCUT2D eigenvalue weighted by atomic mass is 9.87. The summed E-state index contributed by atoms with van der Waals surface area (Å²) in [6.07, 6.45) is 2.64. The Morgan fingerprint density at radius 3 is 2.44 bits per heavy atom. The molecule has 1 aromatic heterocycles. The molecule has 1 amide bonds. The minimum Gasteiger partial charge on any atom is -0.493 e. The third-order valence-electron chi connectivity index (χ3n) is 7.54. The molecule has 5 rings (SSSR count). The molecule has 0 unspecified atom stereocenters. The Hall–Kier alpha value is -4.10. The molecule has 0 aliphatic carbocycles. The third kappa shape index (κ3) is 5.54. The zero-order valence-electron chi connectivity index (χ0n) is 23.1. The van der Waals surface area contributed by atoms with E-state index in [0.29, 0.717) is 24.4 Å². The predicted molar refractivity (Wildman–Crippen MR) is 152 cm³/mol. The van der Waals surface area contributed by atoms with Gasteiger partial charge in [0.15, 0.2) is 11.5 Å². The second-order valence-corrected chi connectivity index (χ2v) is 9.81. The van der Waals surface area contributed by atoms with Crippen LogP contribution in [0.1, 0.15) is 58.3 Å². The summed E-state index contributed by atoms with van der Waals surface area (Å²) in [5.41, 5.74) is 6.34. The maximum atomic E-state index is 13.0. The smallest absolute Gasteiger partial charge is 0.253 e. The molecular formula is C32H36N4O3. The van der Waals surface area contributed by atoms with Gasteiger partial charge < -0.3 is 19.4 Å². The molecule has 7 heteroatoms. The van der Waals surface area contributed by atoms with Crippen LogP contribution in [0.4, 0.5) is 0 Å². The van der Waals surface area contributed by atoms with Crippen molar-refractivity contribution in [1.82, 2.24) is 19.8 Å². The quantitative estimate of drug-likeness (QED) is 0.284. The van der Waals surface area contributed by atoms with Crippen molar-refractivity contribution in [2.45, 2.75) is 39.8 Å². The van der Waals surface area contributed by atoms with E-state index in [1.54, 1.807) is 13.4 Å². The van der Waals surface area contributed by atoms with Crippen molar-refractivity contribution >= 4 is 5.91 Å². The second kappa shape index (κ2) is 11.7. The number of ether oxygens (including phenoxy) is 2. The van der Waals surface area contributed by atoms with Crippen LogP contribution in [0, 0.1) is 6.92 Å². The maximum absolute atomic E-state index is 13.0. The van der Waals surface area contributed by atoms with Crippen molar-refractivity contribution in [3.05, 3.63) is 107 Å². The van der Waals surface area contributed by atoms with Crippen LogP contribution in [0.3, 0.4) is 0 Å². The van der Waals surface area contributed by atoms with E-state index in [9.17, 15) is 4.79 Å². The Balaban J connectivity index is 1.56. The highest BCUT2D eigenvalue weighted by Gasteiger charge is 2.31. The van der Waals surface area contributed by atoms with Crippen LogP contribution in [-0.4, -0.2) is 52.4 Å². The predicted octanol–water partition coefficient (Wildman–Crippen LogP) is 6.15. The standard InChI is InChI=1S/C32H36N4O3/c1-5-35(6-2)32(37)24-14-12-23(13-15-24)31-27-19-30(39-26-10-8-7-9-11-26)29(38-4)18-25(27)16-17-36(31)20-28-22(3)33-21-34-28/h7-15,18-19,21,31H,5-6,16-17,20H2,1-4H3,(H,33,34)/t31-/m0/s1. The van der Waals surface area contributed by atoms with Crippen molar-refractivity contribution in [1.29, 1.82) is 0 Å². The number of aromatic nitrogens is 2. The van der Waals surface area contributed by atoms with Crippen LogP contribution in [0.2, 0.25) is 0 Å². The van der Waals surface area contributed by atoms with Gasteiger partial charge in [-0.2, -0.15) is 0 Å². The molecule has 39 heavy (non-hydrogen) atoms. The highest BCUT2D eigenvalue weighted by atomic mass is 16.5. The highest BCUT2D eigenvalue weighted by Crippen LogP contribution is 2.43. The number of nitrogens with one attached hydrogen (secondary N) is 1. The number of H-pyrrole nitrogens is 1. The molecule has 1 atom stereocenters. The number of aromatic amines is 1. The summed E-state index contributed by atoms with van der Waals surface area (Å²) < 4.78 is 12.0. The summed E-state index contributed by atoms with van der Waals surface area (Å²) in [6, 6.07) is 22.0. The summed E-state index contributed by atoms with van der Waals surface area (Å²) in [5.74, 6) is 2.21. The first-order chi connectivity index (χ1) is 19.0. The number of fused-ring (bicyclic) bond motifs is 1. The molecule has 0 radical (unpaired) electrons. The van der Waals surface area contributed by atoms with E-state index in [2.05, 4.69) is 39.1 Å². The molecule has 0 spiro atoms. The number of rotatable bonds is 9. The van der Waals surface area contributed by atoms with Crippen molar-refractivity contribution in [2.75, 3.05) is 26.7 Å². The fourth-order valence-electron chi connectivity index (χ4n) is 5.35. The highest BCUT2D eigenvalue weighted by molar-refractivity contribution is 5.94. The van der Waals surface area contributed by atoms with Crippen LogP contribution in [0.25, 0.3) is 0 Å². The SMILES string of the molecule is CCN(CC)C(=O)c1ccc([C@H]2c3cc(Oc4ccccc4)c(OC)cc3CCN2Cc2[nH]cnc2C)cc1. The number of amides is 1. The van der Waals surface area contributed by atoms with Gasteiger partial charge in [0.1, 0.15) is 5.75 Å². The molecule has 3 aromatic carbocycles. The maximum Gasteiger partial charge on any atom is 0.253 e. The van der Waals surface area contributed by atoms with Crippen molar-refractivity contribution in [3.63, 3.8) is 0 Å². The number of methoxy groups -OCH3 is 1. The third-order valence-corrected chi connectivity index (χ3v) is 7.54. The molecule has 0 saturated carbocycles. The van der Waals surface area contributed by atoms with Crippen LogP contribution in [0.5, 0.6) is 17.2 Å². The summed E-state index contributed by atoms with van der Waals surface area (Å²) in [5, 5.41) is 0. The van der Waals surface area contributed by atoms with E-state index in [1.165, 1.54) is 11.1 Å².